The van der Waals surface area contributed by atoms with E-state index in [1.54, 1.807) is 0 Å². The van der Waals surface area contributed by atoms with Gasteiger partial charge in [-0.25, -0.2) is 0 Å². The topological polar surface area (TPSA) is 95.9 Å². The quantitative estimate of drug-likeness (QED) is 0.0330. The minimum atomic E-state index is -0.786. The lowest BCUT2D eigenvalue weighted by atomic mass is 10.0. The van der Waals surface area contributed by atoms with Crippen LogP contribution in [0, 0.1) is 0 Å². The lowest BCUT2D eigenvalue weighted by molar-refractivity contribution is -0.151. The van der Waals surface area contributed by atoms with Crippen LogP contribution >= 0.6 is 0 Å². The van der Waals surface area contributed by atoms with Gasteiger partial charge in [-0.05, 0) is 44.9 Å². The molecule has 1 amide bonds. The number of rotatable bonds is 41. The number of aliphatic hydroxyl groups excluding tert-OH is 2. The van der Waals surface area contributed by atoms with Crippen molar-refractivity contribution in [1.82, 2.24) is 5.32 Å². The van der Waals surface area contributed by atoms with Crippen molar-refractivity contribution >= 4 is 11.9 Å². The summed E-state index contributed by atoms with van der Waals surface area (Å²) in [6, 6.07) is -0.701. The number of carbonyl (C=O) groups excluding carboxylic acids is 2. The van der Waals surface area contributed by atoms with Crippen LogP contribution in [0.5, 0.6) is 0 Å². The zero-order valence-corrected chi connectivity index (χ0v) is 35.0. The molecule has 0 aliphatic carbocycles. The first kappa shape index (κ1) is 50.6. The number of allylic oxidation sites excluding steroid dienone is 2. The Balaban J connectivity index is 4.59. The molecule has 3 N–H and O–H groups in total. The van der Waals surface area contributed by atoms with Crippen molar-refractivity contribution < 1.29 is 24.5 Å². The summed E-state index contributed by atoms with van der Waals surface area (Å²) >= 11 is 0. The van der Waals surface area contributed by atoms with E-state index in [0.717, 1.165) is 57.8 Å². The Morgan fingerprint density at radius 1 is 0.538 bits per heavy atom. The summed E-state index contributed by atoms with van der Waals surface area (Å²) in [5, 5.41) is 23.6. The van der Waals surface area contributed by atoms with Crippen molar-refractivity contribution in [2.24, 2.45) is 0 Å². The molecular weight excluding hydrogens is 647 g/mol. The molecule has 0 aliphatic rings. The minimum Gasteiger partial charge on any atom is -0.462 e. The third kappa shape index (κ3) is 35.6. The molecule has 6 nitrogen and oxygen atoms in total. The van der Waals surface area contributed by atoms with Gasteiger partial charge in [0.15, 0.2) is 0 Å². The van der Waals surface area contributed by atoms with Gasteiger partial charge in [0, 0.05) is 6.42 Å². The largest absolute Gasteiger partial charge is 0.462 e. The van der Waals surface area contributed by atoms with E-state index in [-0.39, 0.29) is 24.9 Å². The third-order valence-electron chi connectivity index (χ3n) is 10.6. The molecule has 0 spiro atoms. The molecular formula is C46H89NO5. The van der Waals surface area contributed by atoms with Crippen LogP contribution < -0.4 is 5.32 Å². The van der Waals surface area contributed by atoms with Crippen LogP contribution in [0.25, 0.3) is 0 Å². The van der Waals surface area contributed by atoms with Gasteiger partial charge in [-0.2, -0.15) is 0 Å². The van der Waals surface area contributed by atoms with Gasteiger partial charge in [0.05, 0.1) is 25.2 Å². The summed E-state index contributed by atoms with van der Waals surface area (Å²) < 4.78 is 5.88. The van der Waals surface area contributed by atoms with E-state index in [4.69, 9.17) is 4.74 Å². The highest BCUT2D eigenvalue weighted by Gasteiger charge is 2.24. The maximum absolute atomic E-state index is 13.1. The fourth-order valence-corrected chi connectivity index (χ4v) is 7.08. The second-order valence-electron chi connectivity index (χ2n) is 15.8. The smallest absolute Gasteiger partial charge is 0.306 e. The van der Waals surface area contributed by atoms with Crippen LogP contribution in [0.2, 0.25) is 0 Å². The van der Waals surface area contributed by atoms with Crippen LogP contribution in [0.4, 0.5) is 0 Å². The highest BCUT2D eigenvalue weighted by Crippen LogP contribution is 2.17. The lowest BCUT2D eigenvalue weighted by Gasteiger charge is -2.24. The van der Waals surface area contributed by atoms with Gasteiger partial charge >= 0.3 is 5.97 Å². The molecule has 0 aliphatic heterocycles. The van der Waals surface area contributed by atoms with Crippen molar-refractivity contribution in [2.75, 3.05) is 6.61 Å². The Labute approximate surface area is 323 Å². The van der Waals surface area contributed by atoms with E-state index in [1.807, 2.05) is 0 Å². The monoisotopic (exact) mass is 736 g/mol. The zero-order chi connectivity index (χ0) is 38.2. The van der Waals surface area contributed by atoms with Gasteiger partial charge in [-0.15, -0.1) is 0 Å². The van der Waals surface area contributed by atoms with Crippen molar-refractivity contribution in [2.45, 2.75) is 264 Å². The van der Waals surface area contributed by atoms with Crippen molar-refractivity contribution in [3.8, 4) is 0 Å². The van der Waals surface area contributed by atoms with E-state index in [1.165, 1.54) is 141 Å². The first-order valence-corrected chi connectivity index (χ1v) is 22.9. The summed E-state index contributed by atoms with van der Waals surface area (Å²) in [6.45, 7) is 6.45. The Morgan fingerprint density at radius 2 is 0.942 bits per heavy atom. The first-order valence-electron chi connectivity index (χ1n) is 22.9. The highest BCUT2D eigenvalue weighted by atomic mass is 16.5. The van der Waals surface area contributed by atoms with Gasteiger partial charge in [-0.3, -0.25) is 9.59 Å². The van der Waals surface area contributed by atoms with E-state index in [9.17, 15) is 19.8 Å². The Morgan fingerprint density at radius 3 is 1.40 bits per heavy atom. The second kappa shape index (κ2) is 40.8. The number of esters is 1. The highest BCUT2D eigenvalue weighted by molar-refractivity contribution is 5.77. The number of ether oxygens (including phenoxy) is 1. The number of hydrogen-bond acceptors (Lipinski definition) is 5. The summed E-state index contributed by atoms with van der Waals surface area (Å²) in [6.07, 6.45) is 42.7. The van der Waals surface area contributed by atoms with Gasteiger partial charge in [0.1, 0.15) is 6.10 Å². The molecule has 0 fully saturated rings. The summed E-state index contributed by atoms with van der Waals surface area (Å²) in [4.78, 5) is 25.9. The fourth-order valence-electron chi connectivity index (χ4n) is 7.08. The molecule has 0 radical (unpaired) electrons. The Hall–Kier alpha value is -1.40. The molecule has 0 saturated heterocycles. The number of nitrogens with one attached hydrogen (secondary N) is 1. The predicted molar refractivity (Wildman–Crippen MR) is 223 cm³/mol. The molecule has 0 aromatic heterocycles. The summed E-state index contributed by atoms with van der Waals surface area (Å²) in [5.41, 5.74) is 0. The van der Waals surface area contributed by atoms with E-state index >= 15 is 0 Å². The van der Waals surface area contributed by atoms with Crippen LogP contribution in [0.3, 0.4) is 0 Å². The molecule has 3 unspecified atom stereocenters. The molecule has 0 saturated carbocycles. The molecule has 0 bridgehead atoms. The van der Waals surface area contributed by atoms with Gasteiger partial charge in [0.25, 0.3) is 0 Å². The number of carbonyl (C=O) groups is 2. The summed E-state index contributed by atoms with van der Waals surface area (Å²) in [7, 11) is 0. The molecule has 0 rings (SSSR count). The molecule has 6 heteroatoms. The van der Waals surface area contributed by atoms with Crippen molar-refractivity contribution in [1.29, 1.82) is 0 Å². The van der Waals surface area contributed by atoms with Crippen molar-refractivity contribution in [3.63, 3.8) is 0 Å². The maximum Gasteiger partial charge on any atom is 0.306 e. The average Bonchev–Trinajstić information content (AvgIpc) is 3.13. The van der Waals surface area contributed by atoms with Crippen LogP contribution in [0.1, 0.15) is 245 Å². The minimum absolute atomic E-state index is 0.0626. The number of hydrogen-bond donors (Lipinski definition) is 3. The van der Waals surface area contributed by atoms with Crippen LogP contribution in [-0.4, -0.2) is 46.9 Å². The number of amides is 1. The first-order chi connectivity index (χ1) is 25.5. The molecule has 3 atom stereocenters. The van der Waals surface area contributed by atoms with Gasteiger partial charge in [-0.1, -0.05) is 200 Å². The molecule has 0 aromatic rings. The SMILES string of the molecule is CCCCCCCC/C=C\CCCC(CC(=O)NC(CO)C(O)CCCCCCCCCCCCC)OC(=O)CCCCCCCCCCCCC. The molecule has 0 aromatic carbocycles. The summed E-state index contributed by atoms with van der Waals surface area (Å²) in [5.74, 6) is -0.495. The Kier molecular flexibility index (Phi) is 39.7. The normalized spacial score (nSPS) is 13.4. The Bertz CT molecular complexity index is 787. The van der Waals surface area contributed by atoms with Crippen LogP contribution in [0.15, 0.2) is 12.2 Å². The third-order valence-corrected chi connectivity index (χ3v) is 10.6. The molecule has 52 heavy (non-hydrogen) atoms. The zero-order valence-electron chi connectivity index (χ0n) is 35.0. The molecule has 0 heterocycles. The molecule has 308 valence electrons. The van der Waals surface area contributed by atoms with Crippen molar-refractivity contribution in [3.05, 3.63) is 12.2 Å². The number of aliphatic hydroxyl groups is 2. The average molecular weight is 736 g/mol. The van der Waals surface area contributed by atoms with Gasteiger partial charge in [0.2, 0.25) is 5.91 Å². The maximum atomic E-state index is 13.1. The van der Waals surface area contributed by atoms with Gasteiger partial charge < -0.3 is 20.3 Å². The predicted octanol–water partition coefficient (Wildman–Crippen LogP) is 13.0. The lowest BCUT2D eigenvalue weighted by Crippen LogP contribution is -2.46. The standard InChI is InChI=1S/C46H89NO5/c1-4-7-10-13-16-19-22-25-28-31-34-37-42(52-46(51)39-36-33-30-27-24-21-18-15-12-9-6-3)40-45(50)47-43(41-48)44(49)38-35-32-29-26-23-20-17-14-11-8-5-2/h25,28,42-44,48-49H,4-24,26-27,29-41H2,1-3H3,(H,47,50)/b28-25-. The van der Waals surface area contributed by atoms with E-state index in [2.05, 4.69) is 38.2 Å². The van der Waals surface area contributed by atoms with E-state index in [0.29, 0.717) is 19.3 Å². The van der Waals surface area contributed by atoms with Crippen LogP contribution in [-0.2, 0) is 14.3 Å². The fraction of sp³-hybridized carbons (Fsp3) is 0.913. The second-order valence-corrected chi connectivity index (χ2v) is 15.8. The van der Waals surface area contributed by atoms with E-state index < -0.39 is 18.2 Å². The number of unbranched alkanes of at least 4 members (excludes halogenated alkanes) is 27.